The van der Waals surface area contributed by atoms with Crippen LogP contribution in [0.4, 0.5) is 10.1 Å². The third kappa shape index (κ3) is 6.05. The molecule has 1 aliphatic rings. The highest BCUT2D eigenvalue weighted by Gasteiger charge is 2.40. The fourth-order valence-corrected chi connectivity index (χ4v) is 4.30. The molecule has 0 atom stereocenters. The van der Waals surface area contributed by atoms with Crippen molar-refractivity contribution in [2.45, 2.75) is 52.2 Å². The molecule has 2 aromatic rings. The van der Waals surface area contributed by atoms with Crippen LogP contribution in [0, 0.1) is 18.7 Å². The maximum Gasteiger partial charge on any atom is 0.329 e. The van der Waals surface area contributed by atoms with E-state index in [0.717, 1.165) is 12.0 Å². The maximum absolute atomic E-state index is 15.5. The van der Waals surface area contributed by atoms with Crippen LogP contribution in [0.5, 0.6) is 11.5 Å². The summed E-state index contributed by atoms with van der Waals surface area (Å²) in [5.41, 5.74) is 1.79. The predicted molar refractivity (Wildman–Crippen MR) is 133 cm³/mol. The summed E-state index contributed by atoms with van der Waals surface area (Å²) in [6.45, 7) is 7.55. The zero-order valence-electron chi connectivity index (χ0n) is 21.2. The molecule has 0 bridgehead atoms. The van der Waals surface area contributed by atoms with Gasteiger partial charge in [-0.15, -0.1) is 0 Å². The third-order valence-electron chi connectivity index (χ3n) is 6.48. The van der Waals surface area contributed by atoms with Gasteiger partial charge in [-0.2, -0.15) is 0 Å². The van der Waals surface area contributed by atoms with Crippen LogP contribution in [-0.2, 0) is 20.9 Å². The Kier molecular flexibility index (Phi) is 8.97. The molecule has 8 heteroatoms. The summed E-state index contributed by atoms with van der Waals surface area (Å²) in [4.78, 5) is 12.1. The van der Waals surface area contributed by atoms with E-state index in [9.17, 15) is 9.90 Å². The molecule has 192 valence electrons. The lowest BCUT2D eigenvalue weighted by molar-refractivity contribution is -0.145. The summed E-state index contributed by atoms with van der Waals surface area (Å²) in [5.74, 6) is -0.269. The monoisotopic (exact) mass is 489 g/mol. The molecule has 35 heavy (non-hydrogen) atoms. The van der Waals surface area contributed by atoms with Crippen molar-refractivity contribution < 1.29 is 33.2 Å². The molecule has 1 heterocycles. The van der Waals surface area contributed by atoms with Gasteiger partial charge in [0, 0.05) is 49.5 Å². The van der Waals surface area contributed by atoms with Crippen LogP contribution in [-0.4, -0.2) is 50.7 Å². The Morgan fingerprint density at radius 1 is 1.17 bits per heavy atom. The van der Waals surface area contributed by atoms with Crippen LogP contribution >= 0.6 is 0 Å². The van der Waals surface area contributed by atoms with E-state index in [4.69, 9.17) is 18.9 Å². The Balaban J connectivity index is 2.04. The lowest BCUT2D eigenvalue weighted by Crippen LogP contribution is -2.50. The minimum atomic E-state index is -1.11. The maximum atomic E-state index is 15.5. The Morgan fingerprint density at radius 3 is 2.49 bits per heavy atom. The van der Waals surface area contributed by atoms with E-state index in [1.165, 1.54) is 14.2 Å². The number of carboxylic acid groups (broad SMARTS) is 1. The van der Waals surface area contributed by atoms with Gasteiger partial charge in [-0.1, -0.05) is 19.9 Å². The fourth-order valence-electron chi connectivity index (χ4n) is 4.30. The molecule has 0 aromatic heterocycles. The lowest BCUT2D eigenvalue weighted by Gasteiger charge is -2.35. The summed E-state index contributed by atoms with van der Waals surface area (Å²) in [6.07, 6.45) is 1.60. The molecule has 0 spiro atoms. The third-order valence-corrected chi connectivity index (χ3v) is 6.48. The van der Waals surface area contributed by atoms with Gasteiger partial charge in [0.1, 0.15) is 11.3 Å². The second-order valence-corrected chi connectivity index (χ2v) is 9.33. The minimum Gasteiger partial charge on any atom is -0.496 e. The number of carbonyl (C=O) groups is 1. The number of ether oxygens (including phenoxy) is 4. The van der Waals surface area contributed by atoms with E-state index in [1.54, 1.807) is 25.1 Å². The van der Waals surface area contributed by atoms with Crippen molar-refractivity contribution in [1.29, 1.82) is 0 Å². The average Bonchev–Trinajstić information content (AvgIpc) is 2.83. The summed E-state index contributed by atoms with van der Waals surface area (Å²) in [6, 6.07) is 7.05. The molecule has 3 rings (SSSR count). The second-order valence-electron chi connectivity index (χ2n) is 9.33. The number of halogens is 1. The van der Waals surface area contributed by atoms with Crippen molar-refractivity contribution in [3.8, 4) is 22.6 Å². The highest BCUT2D eigenvalue weighted by atomic mass is 19.1. The first kappa shape index (κ1) is 26.8. The van der Waals surface area contributed by atoms with Crippen molar-refractivity contribution in [2.24, 2.45) is 5.92 Å². The van der Waals surface area contributed by atoms with Gasteiger partial charge in [0.2, 0.25) is 0 Å². The van der Waals surface area contributed by atoms with Crippen molar-refractivity contribution in [3.05, 3.63) is 41.2 Å². The molecule has 0 unspecified atom stereocenters. The molecule has 2 aromatic carbocycles. The van der Waals surface area contributed by atoms with Crippen LogP contribution < -0.4 is 14.8 Å². The first-order chi connectivity index (χ1) is 16.7. The van der Waals surface area contributed by atoms with Gasteiger partial charge in [0.15, 0.2) is 11.6 Å². The van der Waals surface area contributed by atoms with Crippen molar-refractivity contribution in [2.75, 3.05) is 39.4 Å². The van der Waals surface area contributed by atoms with Crippen LogP contribution in [0.25, 0.3) is 11.1 Å². The first-order valence-electron chi connectivity index (χ1n) is 11.9. The Hall–Kier alpha value is -2.84. The van der Waals surface area contributed by atoms with E-state index in [-0.39, 0.29) is 12.4 Å². The van der Waals surface area contributed by atoms with Crippen molar-refractivity contribution in [1.82, 2.24) is 0 Å². The highest BCUT2D eigenvalue weighted by molar-refractivity contribution is 5.83. The Labute approximate surface area is 206 Å². The van der Waals surface area contributed by atoms with Gasteiger partial charge in [0.05, 0.1) is 20.8 Å². The van der Waals surface area contributed by atoms with E-state index in [0.29, 0.717) is 66.7 Å². The second kappa shape index (κ2) is 11.7. The fraction of sp³-hybridized carbons (Fsp3) is 0.519. The number of rotatable bonds is 11. The lowest BCUT2D eigenvalue weighted by atomic mass is 9.89. The van der Waals surface area contributed by atoms with Gasteiger partial charge in [-0.05, 0) is 48.6 Å². The van der Waals surface area contributed by atoms with Gasteiger partial charge in [-0.3, -0.25) is 0 Å². The SMILES string of the molecule is COc1cc(-c2ccc(NC3(C(=O)O)CCOCC3)cc2COCCC(C)C)c(F)c(OC)c1C. The van der Waals surface area contributed by atoms with Crippen molar-refractivity contribution >= 4 is 11.7 Å². The minimum absolute atomic E-state index is 0.125. The number of carboxylic acids is 1. The number of aliphatic carboxylic acids is 1. The summed E-state index contributed by atoms with van der Waals surface area (Å²) in [5, 5.41) is 13.1. The number of hydrogen-bond donors (Lipinski definition) is 2. The highest BCUT2D eigenvalue weighted by Crippen LogP contribution is 2.40. The summed E-state index contributed by atoms with van der Waals surface area (Å²) in [7, 11) is 2.96. The Bertz CT molecular complexity index is 1030. The van der Waals surface area contributed by atoms with Crippen molar-refractivity contribution in [3.63, 3.8) is 0 Å². The molecule has 0 radical (unpaired) electrons. The van der Waals surface area contributed by atoms with E-state index in [2.05, 4.69) is 19.2 Å². The van der Waals surface area contributed by atoms with Gasteiger partial charge < -0.3 is 29.4 Å². The molecular weight excluding hydrogens is 453 g/mol. The largest absolute Gasteiger partial charge is 0.496 e. The molecule has 1 fully saturated rings. The number of hydrogen-bond acceptors (Lipinski definition) is 6. The van der Waals surface area contributed by atoms with Crippen LogP contribution in [0.1, 0.15) is 44.2 Å². The summed E-state index contributed by atoms with van der Waals surface area (Å²) >= 11 is 0. The standard InChI is InChI=1S/C27H36FNO6/c1-17(2)8-11-35-16-19-14-20(29-27(26(30)31)9-12-34-13-10-27)6-7-21(19)22-15-23(32-4)18(3)25(33-5)24(22)28/h6-7,14-15,17,29H,8-13,16H2,1-5H3,(H,30,31). The van der Waals surface area contributed by atoms with E-state index < -0.39 is 17.3 Å². The van der Waals surface area contributed by atoms with Crippen LogP contribution in [0.2, 0.25) is 0 Å². The molecule has 0 aliphatic carbocycles. The van der Waals surface area contributed by atoms with E-state index in [1.807, 2.05) is 6.07 Å². The zero-order chi connectivity index (χ0) is 25.6. The van der Waals surface area contributed by atoms with Gasteiger partial charge in [0.25, 0.3) is 0 Å². The van der Waals surface area contributed by atoms with Gasteiger partial charge in [-0.25, -0.2) is 9.18 Å². The quantitative estimate of drug-likeness (QED) is 0.407. The normalized spacial score (nSPS) is 15.2. The Morgan fingerprint density at radius 2 is 1.89 bits per heavy atom. The smallest absolute Gasteiger partial charge is 0.329 e. The average molecular weight is 490 g/mol. The number of nitrogens with one attached hydrogen (secondary N) is 1. The molecular formula is C27H36FNO6. The molecule has 1 saturated heterocycles. The number of methoxy groups -OCH3 is 2. The molecule has 1 aliphatic heterocycles. The topological polar surface area (TPSA) is 86.3 Å². The summed E-state index contributed by atoms with van der Waals surface area (Å²) < 4.78 is 37.6. The first-order valence-corrected chi connectivity index (χ1v) is 11.9. The molecule has 0 saturated carbocycles. The number of benzene rings is 2. The predicted octanol–water partition coefficient (Wildman–Crippen LogP) is 5.43. The van der Waals surface area contributed by atoms with E-state index >= 15 is 4.39 Å². The molecule has 0 amide bonds. The molecule has 7 nitrogen and oxygen atoms in total. The van der Waals surface area contributed by atoms with Crippen LogP contribution in [0.3, 0.4) is 0 Å². The zero-order valence-corrected chi connectivity index (χ0v) is 21.2. The van der Waals surface area contributed by atoms with Gasteiger partial charge >= 0.3 is 5.97 Å². The molecule has 2 N–H and O–H groups in total. The number of anilines is 1. The van der Waals surface area contributed by atoms with Crippen LogP contribution in [0.15, 0.2) is 24.3 Å².